The van der Waals surface area contributed by atoms with Gasteiger partial charge in [0.15, 0.2) is 11.5 Å². The lowest BCUT2D eigenvalue weighted by molar-refractivity contribution is 0.0720. The fourth-order valence-electron chi connectivity index (χ4n) is 4.32. The van der Waals surface area contributed by atoms with Gasteiger partial charge in [0.25, 0.3) is 11.8 Å². The highest BCUT2D eigenvalue weighted by Crippen LogP contribution is 2.31. The second-order valence-corrected chi connectivity index (χ2v) is 8.44. The molecule has 0 unspecified atom stereocenters. The molecule has 186 valence electrons. The van der Waals surface area contributed by atoms with Crippen molar-refractivity contribution in [2.24, 2.45) is 0 Å². The largest absolute Gasteiger partial charge is 0.493 e. The number of carbonyl (C=O) groups is 2. The number of halogens is 2. The molecule has 2 aromatic heterocycles. The maximum absolute atomic E-state index is 14.0. The van der Waals surface area contributed by atoms with Crippen molar-refractivity contribution in [3.63, 3.8) is 0 Å². The van der Waals surface area contributed by atoms with E-state index in [4.69, 9.17) is 4.74 Å². The molecule has 1 aliphatic rings. The van der Waals surface area contributed by atoms with Crippen molar-refractivity contribution in [1.29, 1.82) is 0 Å². The molecule has 3 N–H and O–H groups in total. The number of imidazole rings is 1. The number of amides is 2. The summed E-state index contributed by atoms with van der Waals surface area (Å²) in [5.74, 6) is -2.28. The number of ether oxygens (including phenoxy) is 1. The number of aromatic nitrogens is 4. The van der Waals surface area contributed by atoms with Gasteiger partial charge < -0.3 is 19.9 Å². The normalized spacial score (nSPS) is 13.7. The minimum atomic E-state index is -0.976. The van der Waals surface area contributed by atoms with E-state index in [1.165, 1.54) is 12.3 Å². The lowest BCUT2D eigenvalue weighted by Crippen LogP contribution is -2.35. The summed E-state index contributed by atoms with van der Waals surface area (Å²) in [5.41, 5.74) is 1.25. The van der Waals surface area contributed by atoms with E-state index in [1.54, 1.807) is 12.1 Å². The number of nitrogens with one attached hydrogen (secondary N) is 3. The summed E-state index contributed by atoms with van der Waals surface area (Å²) in [5, 5.41) is 9.25. The number of nitrogens with zero attached hydrogens (tertiary/aromatic N) is 3. The van der Waals surface area contributed by atoms with E-state index in [-0.39, 0.29) is 17.3 Å². The Balaban J connectivity index is 1.48. The molecule has 36 heavy (non-hydrogen) atoms. The highest BCUT2D eigenvalue weighted by molar-refractivity contribution is 6.06. The van der Waals surface area contributed by atoms with Gasteiger partial charge in [0, 0.05) is 25.4 Å². The van der Waals surface area contributed by atoms with Gasteiger partial charge >= 0.3 is 0 Å². The third-order valence-corrected chi connectivity index (χ3v) is 6.06. The van der Waals surface area contributed by atoms with Gasteiger partial charge in [0.05, 0.1) is 28.9 Å². The van der Waals surface area contributed by atoms with E-state index in [9.17, 15) is 18.4 Å². The molecule has 0 spiro atoms. The van der Waals surface area contributed by atoms with E-state index in [1.807, 2.05) is 11.8 Å². The maximum atomic E-state index is 14.0. The van der Waals surface area contributed by atoms with Crippen molar-refractivity contribution in [1.82, 2.24) is 25.1 Å². The van der Waals surface area contributed by atoms with Crippen molar-refractivity contribution >= 4 is 28.5 Å². The molecule has 2 amide bonds. The molecule has 1 fully saturated rings. The number of hydrogen-bond donors (Lipinski definition) is 3. The first-order valence-electron chi connectivity index (χ1n) is 11.7. The van der Waals surface area contributed by atoms with E-state index >= 15 is 0 Å². The quantitative estimate of drug-likeness (QED) is 0.365. The highest BCUT2D eigenvalue weighted by Gasteiger charge is 2.24. The van der Waals surface area contributed by atoms with E-state index in [2.05, 4.69) is 25.5 Å². The Kier molecular flexibility index (Phi) is 6.36. The molecule has 2 aromatic carbocycles. The molecule has 1 saturated heterocycles. The monoisotopic (exact) mass is 494 g/mol. The van der Waals surface area contributed by atoms with Crippen LogP contribution in [0.5, 0.6) is 5.75 Å². The zero-order chi connectivity index (χ0) is 25.2. The van der Waals surface area contributed by atoms with Crippen LogP contribution in [0.3, 0.4) is 0 Å². The third kappa shape index (κ3) is 4.39. The Morgan fingerprint density at radius 2 is 1.89 bits per heavy atom. The second-order valence-electron chi connectivity index (χ2n) is 8.44. The summed E-state index contributed by atoms with van der Waals surface area (Å²) >= 11 is 0. The number of carbonyl (C=O) groups excluding carboxylic acids is 2. The van der Waals surface area contributed by atoms with Crippen molar-refractivity contribution in [2.75, 3.05) is 25.0 Å². The van der Waals surface area contributed by atoms with Crippen LogP contribution in [-0.2, 0) is 0 Å². The lowest BCUT2D eigenvalue weighted by atomic mass is 10.1. The number of rotatable bonds is 6. The van der Waals surface area contributed by atoms with Crippen molar-refractivity contribution < 1.29 is 23.1 Å². The Hall–Kier alpha value is -4.28. The van der Waals surface area contributed by atoms with Crippen LogP contribution in [0, 0.1) is 11.6 Å². The number of anilines is 1. The van der Waals surface area contributed by atoms with E-state index in [0.29, 0.717) is 47.9 Å². The number of hydrogen-bond acceptors (Lipinski definition) is 5. The van der Waals surface area contributed by atoms with Crippen LogP contribution in [0.4, 0.5) is 14.5 Å². The zero-order valence-corrected chi connectivity index (χ0v) is 19.5. The predicted octanol–water partition coefficient (Wildman–Crippen LogP) is 4.51. The van der Waals surface area contributed by atoms with Crippen molar-refractivity contribution in [2.45, 2.75) is 26.2 Å². The number of piperidine rings is 1. The number of aromatic amines is 2. The first-order valence-corrected chi connectivity index (χ1v) is 11.7. The standard InChI is InChI=1S/C25H24F2N6O3/c1-2-36-20-12-18-17(11-14(20)25(35)33-9-4-3-5-10-33)29-23(30-18)22-19(13-28-32-22)31-24(34)21-15(26)7-6-8-16(21)27/h6-8,11-13H,2-5,9-10H2,1H3,(H,28,32)(H,29,30)(H,31,34). The molecule has 5 rings (SSSR count). The average molecular weight is 495 g/mol. The molecule has 11 heteroatoms. The SMILES string of the molecule is CCOc1cc2[nH]c(-c3n[nH]cc3NC(=O)c3c(F)cccc3F)nc2cc1C(=O)N1CCCCC1. The zero-order valence-electron chi connectivity index (χ0n) is 19.5. The summed E-state index contributed by atoms with van der Waals surface area (Å²) in [6.45, 7) is 3.63. The summed E-state index contributed by atoms with van der Waals surface area (Å²) in [7, 11) is 0. The molecule has 0 saturated carbocycles. The number of benzene rings is 2. The fourth-order valence-corrected chi connectivity index (χ4v) is 4.32. The molecule has 0 bridgehead atoms. The predicted molar refractivity (Wildman–Crippen MR) is 129 cm³/mol. The molecular weight excluding hydrogens is 470 g/mol. The number of likely N-dealkylation sites (tertiary alicyclic amines) is 1. The van der Waals surface area contributed by atoms with Gasteiger partial charge in [0.2, 0.25) is 0 Å². The van der Waals surface area contributed by atoms with Gasteiger partial charge in [-0.1, -0.05) is 6.07 Å². The first kappa shape index (κ1) is 23.5. The van der Waals surface area contributed by atoms with Crippen LogP contribution in [0.15, 0.2) is 36.5 Å². The molecule has 0 atom stereocenters. The second kappa shape index (κ2) is 9.76. The van der Waals surface area contributed by atoms with Crippen molar-refractivity contribution in [3.8, 4) is 17.3 Å². The van der Waals surface area contributed by atoms with Crippen LogP contribution in [0.2, 0.25) is 0 Å². The minimum absolute atomic E-state index is 0.107. The van der Waals surface area contributed by atoms with Gasteiger partial charge in [-0.2, -0.15) is 5.10 Å². The smallest absolute Gasteiger partial charge is 0.261 e. The van der Waals surface area contributed by atoms with Crippen molar-refractivity contribution in [3.05, 3.63) is 59.3 Å². The van der Waals surface area contributed by atoms with Crippen LogP contribution in [0.25, 0.3) is 22.6 Å². The Morgan fingerprint density at radius 1 is 1.14 bits per heavy atom. The van der Waals surface area contributed by atoms with Gasteiger partial charge in [-0.3, -0.25) is 14.7 Å². The lowest BCUT2D eigenvalue weighted by Gasteiger charge is -2.27. The summed E-state index contributed by atoms with van der Waals surface area (Å²) in [6, 6.07) is 6.58. The van der Waals surface area contributed by atoms with Gasteiger partial charge in [-0.05, 0) is 44.4 Å². The summed E-state index contributed by atoms with van der Waals surface area (Å²) < 4.78 is 33.8. The Labute approximate surface area is 204 Å². The molecule has 1 aliphatic heterocycles. The minimum Gasteiger partial charge on any atom is -0.493 e. The van der Waals surface area contributed by atoms with Crippen LogP contribution in [-0.4, -0.2) is 56.6 Å². The van der Waals surface area contributed by atoms with Crippen LogP contribution in [0.1, 0.15) is 46.9 Å². The van der Waals surface area contributed by atoms with Crippen LogP contribution >= 0.6 is 0 Å². The van der Waals surface area contributed by atoms with E-state index in [0.717, 1.165) is 31.4 Å². The Morgan fingerprint density at radius 3 is 2.61 bits per heavy atom. The molecule has 3 heterocycles. The molecular formula is C25H24F2N6O3. The average Bonchev–Trinajstić information content (AvgIpc) is 3.50. The molecule has 4 aromatic rings. The van der Waals surface area contributed by atoms with Gasteiger partial charge in [-0.15, -0.1) is 0 Å². The van der Waals surface area contributed by atoms with Gasteiger partial charge in [0.1, 0.15) is 22.9 Å². The van der Waals surface area contributed by atoms with Gasteiger partial charge in [-0.25, -0.2) is 13.8 Å². The highest BCUT2D eigenvalue weighted by atomic mass is 19.1. The molecule has 9 nitrogen and oxygen atoms in total. The van der Waals surface area contributed by atoms with E-state index < -0.39 is 23.1 Å². The summed E-state index contributed by atoms with van der Waals surface area (Å²) in [6.07, 6.45) is 4.43. The molecule has 0 aliphatic carbocycles. The molecule has 0 radical (unpaired) electrons. The fraction of sp³-hybridized carbons (Fsp3) is 0.280. The summed E-state index contributed by atoms with van der Waals surface area (Å²) in [4.78, 5) is 35.3. The number of fused-ring (bicyclic) bond motifs is 1. The van der Waals surface area contributed by atoms with Crippen LogP contribution < -0.4 is 10.1 Å². The Bertz CT molecular complexity index is 1420. The maximum Gasteiger partial charge on any atom is 0.261 e. The third-order valence-electron chi connectivity index (χ3n) is 6.06. The number of H-pyrrole nitrogens is 2. The first-order chi connectivity index (χ1) is 17.5. The topological polar surface area (TPSA) is 116 Å².